The van der Waals surface area contributed by atoms with Gasteiger partial charge in [-0.2, -0.15) is 0 Å². The predicted octanol–water partition coefficient (Wildman–Crippen LogP) is 2.22. The van der Waals surface area contributed by atoms with Gasteiger partial charge in [-0.25, -0.2) is 0 Å². The van der Waals surface area contributed by atoms with Crippen LogP contribution in [-0.4, -0.2) is 11.2 Å². The van der Waals surface area contributed by atoms with E-state index in [2.05, 4.69) is 6.58 Å². The Labute approximate surface area is 63.8 Å². The number of aliphatic hydroxyl groups excluding tert-OH is 1. The lowest BCUT2D eigenvalue weighted by Crippen LogP contribution is -2.31. The van der Waals surface area contributed by atoms with Crippen molar-refractivity contribution in [3.05, 3.63) is 12.7 Å². The molecule has 0 saturated carbocycles. The molecule has 1 nitrogen and oxygen atoms in total. The fraction of sp³-hybridized carbons (Fsp3) is 0.778. The molecule has 0 heterocycles. The SMILES string of the molecule is C=CC(C)(C)C(O)C(C)C. The van der Waals surface area contributed by atoms with Crippen LogP contribution < -0.4 is 0 Å². The van der Waals surface area contributed by atoms with Gasteiger partial charge in [0.05, 0.1) is 6.10 Å². The van der Waals surface area contributed by atoms with E-state index in [0.717, 1.165) is 0 Å². The van der Waals surface area contributed by atoms with Crippen molar-refractivity contribution < 1.29 is 5.11 Å². The summed E-state index contributed by atoms with van der Waals surface area (Å²) in [5.74, 6) is 0.299. The fourth-order valence-corrected chi connectivity index (χ4v) is 0.980. The molecule has 0 fully saturated rings. The van der Waals surface area contributed by atoms with Crippen molar-refractivity contribution in [1.29, 1.82) is 0 Å². The lowest BCUT2D eigenvalue weighted by atomic mass is 9.81. The van der Waals surface area contributed by atoms with E-state index in [0.29, 0.717) is 5.92 Å². The van der Waals surface area contributed by atoms with Crippen molar-refractivity contribution >= 4 is 0 Å². The summed E-state index contributed by atoms with van der Waals surface area (Å²) in [6, 6.07) is 0. The summed E-state index contributed by atoms with van der Waals surface area (Å²) in [5.41, 5.74) is -0.159. The first kappa shape index (κ1) is 9.70. The highest BCUT2D eigenvalue weighted by atomic mass is 16.3. The first-order valence-corrected chi connectivity index (χ1v) is 3.73. The van der Waals surface area contributed by atoms with Gasteiger partial charge in [0.15, 0.2) is 0 Å². The number of aliphatic hydroxyl groups is 1. The van der Waals surface area contributed by atoms with Crippen molar-refractivity contribution in [2.75, 3.05) is 0 Å². The smallest absolute Gasteiger partial charge is 0.0648 e. The van der Waals surface area contributed by atoms with E-state index in [4.69, 9.17) is 0 Å². The molecule has 0 aromatic carbocycles. The third kappa shape index (κ3) is 2.14. The summed E-state index contributed by atoms with van der Waals surface area (Å²) in [4.78, 5) is 0. The molecule has 0 aliphatic rings. The minimum atomic E-state index is -0.287. The Balaban J connectivity index is 4.17. The van der Waals surface area contributed by atoms with Gasteiger partial charge in [-0.15, -0.1) is 6.58 Å². The highest BCUT2D eigenvalue weighted by Crippen LogP contribution is 2.26. The maximum atomic E-state index is 9.58. The zero-order valence-corrected chi connectivity index (χ0v) is 7.39. The van der Waals surface area contributed by atoms with Crippen molar-refractivity contribution in [2.24, 2.45) is 11.3 Å². The molecule has 0 radical (unpaired) electrons. The van der Waals surface area contributed by atoms with Crippen LogP contribution in [0, 0.1) is 11.3 Å². The summed E-state index contributed by atoms with van der Waals surface area (Å²) in [6.45, 7) is 11.7. The van der Waals surface area contributed by atoms with E-state index in [1.165, 1.54) is 0 Å². The average molecular weight is 142 g/mol. The van der Waals surface area contributed by atoms with Crippen LogP contribution in [0.3, 0.4) is 0 Å². The molecule has 1 N–H and O–H groups in total. The maximum absolute atomic E-state index is 9.58. The highest BCUT2D eigenvalue weighted by molar-refractivity contribution is 4.94. The molecular weight excluding hydrogens is 124 g/mol. The first-order chi connectivity index (χ1) is 4.41. The van der Waals surface area contributed by atoms with E-state index in [9.17, 15) is 5.11 Å². The summed E-state index contributed by atoms with van der Waals surface area (Å²) in [5, 5.41) is 9.58. The second kappa shape index (κ2) is 3.20. The molecule has 0 amide bonds. The zero-order chi connectivity index (χ0) is 8.36. The second-order valence-electron chi connectivity index (χ2n) is 3.71. The van der Waals surface area contributed by atoms with Gasteiger partial charge < -0.3 is 5.11 Å². The number of hydrogen-bond donors (Lipinski definition) is 1. The highest BCUT2D eigenvalue weighted by Gasteiger charge is 2.26. The van der Waals surface area contributed by atoms with Crippen LogP contribution in [0.4, 0.5) is 0 Å². The Morgan fingerprint density at radius 1 is 1.40 bits per heavy atom. The largest absolute Gasteiger partial charge is 0.392 e. The van der Waals surface area contributed by atoms with Crippen molar-refractivity contribution in [3.63, 3.8) is 0 Å². The molecule has 0 aliphatic carbocycles. The number of rotatable bonds is 3. The summed E-state index contributed by atoms with van der Waals surface area (Å²) in [7, 11) is 0. The molecule has 1 atom stereocenters. The predicted molar refractivity (Wildman–Crippen MR) is 44.8 cm³/mol. The van der Waals surface area contributed by atoms with E-state index in [-0.39, 0.29) is 11.5 Å². The van der Waals surface area contributed by atoms with Crippen LogP contribution in [0.15, 0.2) is 12.7 Å². The molecule has 0 rings (SSSR count). The van der Waals surface area contributed by atoms with Gasteiger partial charge in [0.25, 0.3) is 0 Å². The van der Waals surface area contributed by atoms with Gasteiger partial charge in [-0.3, -0.25) is 0 Å². The minimum Gasteiger partial charge on any atom is -0.392 e. The molecule has 0 aromatic rings. The Hall–Kier alpha value is -0.300. The minimum absolute atomic E-state index is 0.159. The molecule has 0 aliphatic heterocycles. The number of hydrogen-bond acceptors (Lipinski definition) is 1. The van der Waals surface area contributed by atoms with Crippen molar-refractivity contribution in [2.45, 2.75) is 33.8 Å². The average Bonchev–Trinajstić information content (AvgIpc) is 1.86. The molecule has 0 bridgehead atoms. The normalized spacial score (nSPS) is 15.4. The van der Waals surface area contributed by atoms with E-state index in [1.807, 2.05) is 27.7 Å². The molecule has 0 spiro atoms. The van der Waals surface area contributed by atoms with Crippen LogP contribution >= 0.6 is 0 Å². The standard InChI is InChI=1S/C9H18O/c1-6-9(4,5)8(10)7(2)3/h6-8,10H,1H2,2-5H3. The van der Waals surface area contributed by atoms with E-state index >= 15 is 0 Å². The van der Waals surface area contributed by atoms with E-state index < -0.39 is 0 Å². The third-order valence-corrected chi connectivity index (χ3v) is 1.92. The lowest BCUT2D eigenvalue weighted by molar-refractivity contribution is 0.0413. The van der Waals surface area contributed by atoms with Gasteiger partial charge in [0, 0.05) is 5.41 Å². The Morgan fingerprint density at radius 2 is 1.80 bits per heavy atom. The molecule has 0 aromatic heterocycles. The van der Waals surface area contributed by atoms with Crippen LogP contribution in [0.25, 0.3) is 0 Å². The summed E-state index contributed by atoms with van der Waals surface area (Å²) < 4.78 is 0. The van der Waals surface area contributed by atoms with Gasteiger partial charge >= 0.3 is 0 Å². The molecule has 60 valence electrons. The van der Waals surface area contributed by atoms with Crippen molar-refractivity contribution in [3.8, 4) is 0 Å². The molecule has 10 heavy (non-hydrogen) atoms. The lowest BCUT2D eigenvalue weighted by Gasteiger charge is -2.29. The van der Waals surface area contributed by atoms with Crippen LogP contribution in [0.2, 0.25) is 0 Å². The van der Waals surface area contributed by atoms with Gasteiger partial charge in [0.1, 0.15) is 0 Å². The second-order valence-corrected chi connectivity index (χ2v) is 3.71. The Morgan fingerprint density at radius 3 is 1.90 bits per heavy atom. The summed E-state index contributed by atoms with van der Waals surface area (Å²) in [6.07, 6.45) is 1.52. The van der Waals surface area contributed by atoms with Gasteiger partial charge in [0.2, 0.25) is 0 Å². The molecule has 0 saturated heterocycles. The molecular formula is C9H18O. The third-order valence-electron chi connectivity index (χ3n) is 1.92. The summed E-state index contributed by atoms with van der Waals surface area (Å²) >= 11 is 0. The van der Waals surface area contributed by atoms with Gasteiger partial charge in [-0.05, 0) is 5.92 Å². The van der Waals surface area contributed by atoms with Crippen LogP contribution in [0.5, 0.6) is 0 Å². The van der Waals surface area contributed by atoms with Crippen LogP contribution in [0.1, 0.15) is 27.7 Å². The quantitative estimate of drug-likeness (QED) is 0.599. The monoisotopic (exact) mass is 142 g/mol. The maximum Gasteiger partial charge on any atom is 0.0648 e. The van der Waals surface area contributed by atoms with Crippen LogP contribution in [-0.2, 0) is 0 Å². The Kier molecular flexibility index (Phi) is 3.10. The zero-order valence-electron chi connectivity index (χ0n) is 7.39. The molecule has 1 heteroatoms. The first-order valence-electron chi connectivity index (χ1n) is 3.73. The fourth-order valence-electron chi connectivity index (χ4n) is 0.980. The molecule has 1 unspecified atom stereocenters. The van der Waals surface area contributed by atoms with E-state index in [1.54, 1.807) is 6.08 Å². The van der Waals surface area contributed by atoms with Crippen molar-refractivity contribution in [1.82, 2.24) is 0 Å². The Bertz CT molecular complexity index is 114. The van der Waals surface area contributed by atoms with Gasteiger partial charge in [-0.1, -0.05) is 33.8 Å². The topological polar surface area (TPSA) is 20.2 Å².